The lowest BCUT2D eigenvalue weighted by molar-refractivity contribution is -0.125. The van der Waals surface area contributed by atoms with E-state index < -0.39 is 15.6 Å². The number of rotatable bonds is 2. The fourth-order valence-electron chi connectivity index (χ4n) is 2.38. The van der Waals surface area contributed by atoms with Crippen LogP contribution in [0.3, 0.4) is 0 Å². The predicted molar refractivity (Wildman–Crippen MR) is 49.3 cm³/mol. The Kier molecular flexibility index (Phi) is 2.17. The summed E-state index contributed by atoms with van der Waals surface area (Å²) in [4.78, 5) is 11.7. The summed E-state index contributed by atoms with van der Waals surface area (Å²) in [5.74, 6) is -0.562. The molecule has 0 spiro atoms. The molecule has 0 bridgehead atoms. The molecule has 0 amide bonds. The number of sulfonamides is 1. The molecule has 2 aliphatic rings. The van der Waals surface area contributed by atoms with E-state index in [-0.39, 0.29) is 18.1 Å². The molecule has 0 aromatic heterocycles. The van der Waals surface area contributed by atoms with Crippen LogP contribution in [0.25, 0.3) is 0 Å². The van der Waals surface area contributed by atoms with Crippen LogP contribution >= 0.6 is 0 Å². The number of Topliss-reactive ketones (excluding diaryl/α,β-unsaturated/α-hetero) is 1. The molecule has 0 N–H and O–H groups in total. The van der Waals surface area contributed by atoms with Gasteiger partial charge < -0.3 is 4.74 Å². The van der Waals surface area contributed by atoms with Gasteiger partial charge in [-0.15, -0.1) is 0 Å². The van der Waals surface area contributed by atoms with Crippen molar-refractivity contribution in [2.45, 2.75) is 18.4 Å². The molecule has 5 nitrogen and oxygen atoms in total. The van der Waals surface area contributed by atoms with Crippen LogP contribution in [-0.2, 0) is 19.6 Å². The van der Waals surface area contributed by atoms with Gasteiger partial charge in [0.1, 0.15) is 11.3 Å². The average Bonchev–Trinajstić information content (AvgIpc) is 2.55. The second-order valence-electron chi connectivity index (χ2n) is 3.82. The molecule has 0 aromatic rings. The lowest BCUT2D eigenvalue weighted by Crippen LogP contribution is -2.48. The first-order valence-electron chi connectivity index (χ1n) is 4.56. The SMILES string of the molecule is COCC12CCCN1S(=O)(=O)CC2=O. The molecule has 6 heteroatoms. The monoisotopic (exact) mass is 219 g/mol. The van der Waals surface area contributed by atoms with Crippen molar-refractivity contribution in [2.24, 2.45) is 0 Å². The quantitative estimate of drug-likeness (QED) is 0.621. The van der Waals surface area contributed by atoms with Crippen LogP contribution in [0.5, 0.6) is 0 Å². The fourth-order valence-corrected chi connectivity index (χ4v) is 4.32. The topological polar surface area (TPSA) is 63.7 Å². The van der Waals surface area contributed by atoms with Crippen molar-refractivity contribution in [1.29, 1.82) is 0 Å². The number of methoxy groups -OCH3 is 1. The van der Waals surface area contributed by atoms with Crippen molar-refractivity contribution >= 4 is 15.8 Å². The minimum absolute atomic E-state index is 0.186. The summed E-state index contributed by atoms with van der Waals surface area (Å²) in [5, 5.41) is 0. The first kappa shape index (κ1) is 10.1. The van der Waals surface area contributed by atoms with Gasteiger partial charge in [-0.1, -0.05) is 0 Å². The Morgan fingerprint density at radius 1 is 1.57 bits per heavy atom. The molecule has 14 heavy (non-hydrogen) atoms. The van der Waals surface area contributed by atoms with Gasteiger partial charge in [0.25, 0.3) is 0 Å². The summed E-state index contributed by atoms with van der Waals surface area (Å²) in [5.41, 5.74) is -0.867. The third-order valence-electron chi connectivity index (χ3n) is 2.98. The third kappa shape index (κ3) is 1.14. The van der Waals surface area contributed by atoms with Gasteiger partial charge in [-0.3, -0.25) is 4.79 Å². The Labute approximate surface area is 83.1 Å². The second-order valence-corrected chi connectivity index (χ2v) is 5.71. The molecule has 0 aliphatic carbocycles. The summed E-state index contributed by atoms with van der Waals surface area (Å²) in [6.45, 7) is 0.641. The maximum absolute atomic E-state index is 11.7. The molecule has 2 aliphatic heterocycles. The first-order chi connectivity index (χ1) is 6.53. The van der Waals surface area contributed by atoms with Crippen molar-refractivity contribution in [3.8, 4) is 0 Å². The van der Waals surface area contributed by atoms with Crippen molar-refractivity contribution in [3.05, 3.63) is 0 Å². The lowest BCUT2D eigenvalue weighted by atomic mass is 9.94. The Hall–Kier alpha value is -0.460. The van der Waals surface area contributed by atoms with E-state index in [0.29, 0.717) is 13.0 Å². The highest BCUT2D eigenvalue weighted by Crippen LogP contribution is 2.38. The number of hydrogen-bond acceptors (Lipinski definition) is 4. The normalized spacial score (nSPS) is 36.2. The second kappa shape index (κ2) is 3.01. The van der Waals surface area contributed by atoms with Gasteiger partial charge in [0.2, 0.25) is 10.0 Å². The van der Waals surface area contributed by atoms with Crippen LogP contribution < -0.4 is 0 Å². The van der Waals surface area contributed by atoms with Gasteiger partial charge in [-0.2, -0.15) is 4.31 Å². The van der Waals surface area contributed by atoms with Gasteiger partial charge in [-0.05, 0) is 12.8 Å². The van der Waals surface area contributed by atoms with Crippen LogP contribution in [0, 0.1) is 0 Å². The standard InChI is InChI=1S/C8H13NO4S/c1-13-6-8-3-2-4-9(8)14(11,12)5-7(8)10/h2-6H2,1H3. The Morgan fingerprint density at radius 3 is 2.93 bits per heavy atom. The molecular formula is C8H13NO4S. The Bertz CT molecular complexity index is 364. The van der Waals surface area contributed by atoms with E-state index in [1.165, 1.54) is 11.4 Å². The highest BCUT2D eigenvalue weighted by Gasteiger charge is 2.58. The van der Waals surface area contributed by atoms with E-state index in [4.69, 9.17) is 4.74 Å². The minimum Gasteiger partial charge on any atom is -0.382 e. The Morgan fingerprint density at radius 2 is 2.29 bits per heavy atom. The molecule has 2 fully saturated rings. The summed E-state index contributed by atoms with van der Waals surface area (Å²) < 4.78 is 29.5. The predicted octanol–water partition coefficient (Wildman–Crippen LogP) is -0.620. The molecule has 1 atom stereocenters. The maximum Gasteiger partial charge on any atom is 0.222 e. The minimum atomic E-state index is -3.35. The number of ketones is 1. The van der Waals surface area contributed by atoms with Crippen LogP contribution in [0.1, 0.15) is 12.8 Å². The maximum atomic E-state index is 11.7. The molecule has 80 valence electrons. The largest absolute Gasteiger partial charge is 0.382 e. The summed E-state index contributed by atoms with van der Waals surface area (Å²) in [6.07, 6.45) is 1.34. The van der Waals surface area contributed by atoms with E-state index in [0.717, 1.165) is 6.42 Å². The number of nitrogens with zero attached hydrogens (tertiary/aromatic N) is 1. The molecule has 2 rings (SSSR count). The van der Waals surface area contributed by atoms with Gasteiger partial charge in [0, 0.05) is 13.7 Å². The van der Waals surface area contributed by atoms with Crippen molar-refractivity contribution in [1.82, 2.24) is 4.31 Å². The van der Waals surface area contributed by atoms with E-state index in [1.807, 2.05) is 0 Å². The van der Waals surface area contributed by atoms with E-state index in [1.54, 1.807) is 0 Å². The van der Waals surface area contributed by atoms with E-state index in [2.05, 4.69) is 0 Å². The zero-order valence-electron chi connectivity index (χ0n) is 8.02. The molecule has 0 saturated carbocycles. The van der Waals surface area contributed by atoms with Crippen LogP contribution in [0.2, 0.25) is 0 Å². The highest BCUT2D eigenvalue weighted by molar-refractivity contribution is 7.90. The fraction of sp³-hybridized carbons (Fsp3) is 0.875. The van der Waals surface area contributed by atoms with Crippen molar-refractivity contribution in [2.75, 3.05) is 26.0 Å². The van der Waals surface area contributed by atoms with Crippen LogP contribution in [-0.4, -0.2) is 50.1 Å². The van der Waals surface area contributed by atoms with Gasteiger partial charge >= 0.3 is 0 Å². The number of carbonyl (C=O) groups excluding carboxylic acids is 1. The van der Waals surface area contributed by atoms with Crippen molar-refractivity contribution in [3.63, 3.8) is 0 Å². The number of fused-ring (bicyclic) bond motifs is 1. The third-order valence-corrected chi connectivity index (χ3v) is 4.81. The molecule has 0 radical (unpaired) electrons. The summed E-state index contributed by atoms with van der Waals surface area (Å²) >= 11 is 0. The molecule has 2 saturated heterocycles. The smallest absolute Gasteiger partial charge is 0.222 e. The van der Waals surface area contributed by atoms with Crippen molar-refractivity contribution < 1.29 is 17.9 Å². The molecule has 1 unspecified atom stereocenters. The summed E-state index contributed by atoms with van der Waals surface area (Å²) in [6, 6.07) is 0. The molecule has 0 aromatic carbocycles. The van der Waals surface area contributed by atoms with Gasteiger partial charge in [-0.25, -0.2) is 8.42 Å². The van der Waals surface area contributed by atoms with E-state index >= 15 is 0 Å². The van der Waals surface area contributed by atoms with Crippen LogP contribution in [0.4, 0.5) is 0 Å². The first-order valence-corrected chi connectivity index (χ1v) is 6.17. The van der Waals surface area contributed by atoms with Gasteiger partial charge in [0.05, 0.1) is 6.61 Å². The zero-order chi connectivity index (χ0) is 10.4. The Balaban J connectivity index is 2.43. The van der Waals surface area contributed by atoms with Gasteiger partial charge in [0.15, 0.2) is 5.78 Å². The summed E-state index contributed by atoms with van der Waals surface area (Å²) in [7, 11) is -1.86. The molecular weight excluding hydrogens is 206 g/mol. The number of ether oxygens (including phenoxy) is 1. The molecule has 2 heterocycles. The zero-order valence-corrected chi connectivity index (χ0v) is 8.84. The van der Waals surface area contributed by atoms with Crippen LogP contribution in [0.15, 0.2) is 0 Å². The average molecular weight is 219 g/mol. The highest BCUT2D eigenvalue weighted by atomic mass is 32.2. The number of carbonyl (C=O) groups is 1. The van der Waals surface area contributed by atoms with E-state index in [9.17, 15) is 13.2 Å². The lowest BCUT2D eigenvalue weighted by Gasteiger charge is -2.27. The number of hydrogen-bond donors (Lipinski definition) is 0.